The van der Waals surface area contributed by atoms with Crippen LogP contribution in [0.1, 0.15) is 5.82 Å². The van der Waals surface area contributed by atoms with E-state index in [2.05, 4.69) is 27.1 Å². The van der Waals surface area contributed by atoms with E-state index in [9.17, 15) is 0 Å². The summed E-state index contributed by atoms with van der Waals surface area (Å²) in [6.45, 7) is 1.85. The van der Waals surface area contributed by atoms with Crippen LogP contribution in [0.25, 0.3) is 33.3 Å². The normalized spacial score (nSPS) is 11.2. The molecule has 4 heteroatoms. The summed E-state index contributed by atoms with van der Waals surface area (Å²) in [7, 11) is 0. The van der Waals surface area contributed by atoms with Gasteiger partial charge < -0.3 is 4.42 Å². The Hall–Kier alpha value is -2.75. The molecule has 4 nitrogen and oxygen atoms in total. The lowest BCUT2D eigenvalue weighted by Crippen LogP contribution is -1.93. The Balaban J connectivity index is 1.97. The average Bonchev–Trinajstić information content (AvgIpc) is 2.85. The zero-order valence-corrected chi connectivity index (χ0v) is 10.9. The van der Waals surface area contributed by atoms with Crippen LogP contribution in [0.5, 0.6) is 0 Å². The van der Waals surface area contributed by atoms with Crippen molar-refractivity contribution in [3.63, 3.8) is 0 Å². The minimum absolute atomic E-state index is 0.667. The number of aryl methyl sites for hydroxylation is 1. The van der Waals surface area contributed by atoms with E-state index in [-0.39, 0.29) is 0 Å². The molecule has 20 heavy (non-hydrogen) atoms. The van der Waals surface area contributed by atoms with Gasteiger partial charge in [0.1, 0.15) is 23.3 Å². The quantitative estimate of drug-likeness (QED) is 0.523. The van der Waals surface area contributed by atoms with Gasteiger partial charge in [-0.05, 0) is 25.1 Å². The molecular formula is C16H11N3O. The fourth-order valence-corrected chi connectivity index (χ4v) is 2.38. The van der Waals surface area contributed by atoms with Crippen molar-refractivity contribution in [2.45, 2.75) is 6.92 Å². The van der Waals surface area contributed by atoms with E-state index in [0.29, 0.717) is 11.6 Å². The molecule has 0 atom stereocenters. The molecule has 2 aromatic carbocycles. The maximum Gasteiger partial charge on any atom is 0.163 e. The van der Waals surface area contributed by atoms with E-state index in [1.165, 1.54) is 6.33 Å². The fraction of sp³-hybridized carbons (Fsp3) is 0.0625. The summed E-state index contributed by atoms with van der Waals surface area (Å²) >= 11 is 0. The van der Waals surface area contributed by atoms with Crippen LogP contribution in [-0.4, -0.2) is 15.0 Å². The number of hydrogen-bond acceptors (Lipinski definition) is 4. The molecule has 0 unspecified atom stereocenters. The van der Waals surface area contributed by atoms with E-state index >= 15 is 0 Å². The first-order chi connectivity index (χ1) is 9.81. The molecule has 4 aromatic rings. The molecule has 0 saturated carbocycles. The average molecular weight is 261 g/mol. The third-order valence-corrected chi connectivity index (χ3v) is 3.33. The van der Waals surface area contributed by atoms with Crippen LogP contribution in [0.15, 0.2) is 53.2 Å². The largest absolute Gasteiger partial charge is 0.456 e. The third kappa shape index (κ3) is 1.66. The molecular weight excluding hydrogens is 250 g/mol. The van der Waals surface area contributed by atoms with Crippen molar-refractivity contribution in [2.24, 2.45) is 0 Å². The highest BCUT2D eigenvalue weighted by Gasteiger charge is 2.09. The number of hydrogen-bond donors (Lipinski definition) is 0. The van der Waals surface area contributed by atoms with Gasteiger partial charge in [0, 0.05) is 16.3 Å². The predicted octanol–water partition coefficient (Wildman–Crippen LogP) is 3.75. The number of aromatic nitrogens is 3. The van der Waals surface area contributed by atoms with Gasteiger partial charge in [0.05, 0.1) is 0 Å². The molecule has 0 spiro atoms. The fourth-order valence-electron chi connectivity index (χ4n) is 2.38. The zero-order chi connectivity index (χ0) is 13.5. The van der Waals surface area contributed by atoms with Crippen LogP contribution < -0.4 is 0 Å². The molecule has 2 heterocycles. The van der Waals surface area contributed by atoms with E-state index in [0.717, 1.165) is 27.5 Å². The highest BCUT2D eigenvalue weighted by Crippen LogP contribution is 2.30. The van der Waals surface area contributed by atoms with Gasteiger partial charge in [-0.1, -0.05) is 24.3 Å². The molecule has 0 aliphatic heterocycles. The Morgan fingerprint density at radius 3 is 2.65 bits per heavy atom. The van der Waals surface area contributed by atoms with Crippen molar-refractivity contribution < 1.29 is 4.42 Å². The zero-order valence-electron chi connectivity index (χ0n) is 10.9. The van der Waals surface area contributed by atoms with E-state index in [1.807, 2.05) is 37.3 Å². The first-order valence-electron chi connectivity index (χ1n) is 6.38. The molecule has 0 radical (unpaired) electrons. The maximum absolute atomic E-state index is 5.87. The minimum Gasteiger partial charge on any atom is -0.456 e. The molecule has 0 fully saturated rings. The van der Waals surface area contributed by atoms with Gasteiger partial charge >= 0.3 is 0 Å². The van der Waals surface area contributed by atoms with Gasteiger partial charge in [0.25, 0.3) is 0 Å². The van der Waals surface area contributed by atoms with Gasteiger partial charge in [-0.15, -0.1) is 0 Å². The second-order valence-corrected chi connectivity index (χ2v) is 4.67. The lowest BCUT2D eigenvalue weighted by molar-refractivity contribution is 0.669. The van der Waals surface area contributed by atoms with Crippen molar-refractivity contribution in [3.05, 3.63) is 54.6 Å². The second-order valence-electron chi connectivity index (χ2n) is 4.67. The van der Waals surface area contributed by atoms with Gasteiger partial charge in [-0.25, -0.2) is 15.0 Å². The van der Waals surface area contributed by atoms with Crippen molar-refractivity contribution in [1.82, 2.24) is 15.0 Å². The number of furan rings is 1. The summed E-state index contributed by atoms with van der Waals surface area (Å²) < 4.78 is 5.87. The molecule has 4 rings (SSSR count). The Morgan fingerprint density at radius 2 is 1.75 bits per heavy atom. The monoisotopic (exact) mass is 261 g/mol. The summed E-state index contributed by atoms with van der Waals surface area (Å²) in [6.07, 6.45) is 1.53. The first-order valence-corrected chi connectivity index (χ1v) is 6.38. The van der Waals surface area contributed by atoms with Crippen molar-refractivity contribution in [3.8, 4) is 11.4 Å². The van der Waals surface area contributed by atoms with E-state index in [1.54, 1.807) is 0 Å². The first kappa shape index (κ1) is 11.1. The minimum atomic E-state index is 0.667. The van der Waals surface area contributed by atoms with Gasteiger partial charge in [-0.2, -0.15) is 0 Å². The van der Waals surface area contributed by atoms with E-state index in [4.69, 9.17) is 4.42 Å². The number of nitrogens with zero attached hydrogens (tertiary/aromatic N) is 3. The van der Waals surface area contributed by atoms with Crippen molar-refractivity contribution in [2.75, 3.05) is 0 Å². The van der Waals surface area contributed by atoms with E-state index < -0.39 is 0 Å². The SMILES string of the molecule is Cc1ncnc(-c2ccc3c(c2)oc2ccccc23)n1. The number of benzene rings is 2. The predicted molar refractivity (Wildman–Crippen MR) is 77.3 cm³/mol. The molecule has 0 saturated heterocycles. The van der Waals surface area contributed by atoms with Gasteiger partial charge in [0.15, 0.2) is 5.82 Å². The Morgan fingerprint density at radius 1 is 0.900 bits per heavy atom. The Bertz CT molecular complexity index is 927. The molecule has 96 valence electrons. The lowest BCUT2D eigenvalue weighted by Gasteiger charge is -2.00. The highest BCUT2D eigenvalue weighted by atomic mass is 16.3. The van der Waals surface area contributed by atoms with Crippen molar-refractivity contribution in [1.29, 1.82) is 0 Å². The topological polar surface area (TPSA) is 51.8 Å². The van der Waals surface area contributed by atoms with Crippen LogP contribution in [0, 0.1) is 6.92 Å². The summed E-state index contributed by atoms with van der Waals surface area (Å²) in [5.74, 6) is 1.37. The van der Waals surface area contributed by atoms with Gasteiger partial charge in [-0.3, -0.25) is 0 Å². The van der Waals surface area contributed by atoms with Crippen LogP contribution in [0.3, 0.4) is 0 Å². The molecule has 0 amide bonds. The lowest BCUT2D eigenvalue weighted by atomic mass is 10.1. The molecule has 0 bridgehead atoms. The smallest absolute Gasteiger partial charge is 0.163 e. The molecule has 0 N–H and O–H groups in total. The summed E-state index contributed by atoms with van der Waals surface area (Å²) in [5.41, 5.74) is 2.68. The molecule has 2 aromatic heterocycles. The van der Waals surface area contributed by atoms with Crippen LogP contribution in [0.4, 0.5) is 0 Å². The third-order valence-electron chi connectivity index (χ3n) is 3.33. The number of fused-ring (bicyclic) bond motifs is 3. The Kier molecular flexibility index (Phi) is 2.29. The second kappa shape index (κ2) is 4.13. The summed E-state index contributed by atoms with van der Waals surface area (Å²) in [4.78, 5) is 12.6. The molecule has 0 aliphatic carbocycles. The number of rotatable bonds is 1. The standard InChI is InChI=1S/C16H11N3O/c1-10-17-9-18-16(19-10)11-6-7-13-12-4-2-3-5-14(12)20-15(13)8-11/h2-9H,1H3. The van der Waals surface area contributed by atoms with Crippen LogP contribution in [0.2, 0.25) is 0 Å². The summed E-state index contributed by atoms with van der Waals surface area (Å²) in [5, 5.41) is 2.23. The van der Waals surface area contributed by atoms with Crippen molar-refractivity contribution >= 4 is 21.9 Å². The molecule has 0 aliphatic rings. The number of para-hydroxylation sites is 1. The van der Waals surface area contributed by atoms with Gasteiger partial charge in [0.2, 0.25) is 0 Å². The van der Waals surface area contributed by atoms with Crippen LogP contribution >= 0.6 is 0 Å². The van der Waals surface area contributed by atoms with Crippen LogP contribution in [-0.2, 0) is 0 Å². The highest BCUT2D eigenvalue weighted by molar-refractivity contribution is 6.05. The Labute approximate surface area is 115 Å². The maximum atomic E-state index is 5.87. The summed E-state index contributed by atoms with van der Waals surface area (Å²) in [6, 6.07) is 14.1.